The van der Waals surface area contributed by atoms with Crippen molar-refractivity contribution in [3.8, 4) is 0 Å². The first-order valence-corrected chi connectivity index (χ1v) is 10.1. The van der Waals surface area contributed by atoms with Crippen molar-refractivity contribution in [2.75, 3.05) is 25.1 Å². The van der Waals surface area contributed by atoms with Crippen molar-refractivity contribution in [1.82, 2.24) is 9.80 Å². The van der Waals surface area contributed by atoms with E-state index in [2.05, 4.69) is 10.2 Å². The highest BCUT2D eigenvalue weighted by atomic mass is 16.2. The smallest absolute Gasteiger partial charge is 0.234 e. The fourth-order valence-electron chi connectivity index (χ4n) is 4.67. The number of para-hydroxylation sites is 1. The number of benzene rings is 1. The average molecular weight is 369 g/mol. The van der Waals surface area contributed by atoms with Crippen molar-refractivity contribution in [3.63, 3.8) is 0 Å². The van der Waals surface area contributed by atoms with Crippen LogP contribution in [0.4, 0.5) is 5.69 Å². The van der Waals surface area contributed by atoms with Crippen LogP contribution in [-0.4, -0.2) is 47.3 Å². The minimum absolute atomic E-state index is 0.0194. The first-order valence-electron chi connectivity index (χ1n) is 10.1. The summed E-state index contributed by atoms with van der Waals surface area (Å²) in [6.45, 7) is 1.86. The molecule has 1 saturated carbocycles. The van der Waals surface area contributed by atoms with Crippen molar-refractivity contribution in [3.05, 3.63) is 30.3 Å². The van der Waals surface area contributed by atoms with E-state index in [1.807, 2.05) is 30.3 Å². The van der Waals surface area contributed by atoms with Gasteiger partial charge in [-0.25, -0.2) is 0 Å². The van der Waals surface area contributed by atoms with E-state index in [-0.39, 0.29) is 35.5 Å². The Bertz CT molecular complexity index is 689. The molecule has 1 N–H and O–H groups in total. The number of anilines is 1. The number of carbonyl (C=O) groups is 3. The molecule has 0 radical (unpaired) electrons. The van der Waals surface area contributed by atoms with E-state index in [1.54, 1.807) is 0 Å². The van der Waals surface area contributed by atoms with Gasteiger partial charge in [0.2, 0.25) is 17.7 Å². The molecule has 3 amide bonds. The van der Waals surface area contributed by atoms with Crippen molar-refractivity contribution in [1.29, 1.82) is 0 Å². The summed E-state index contributed by atoms with van der Waals surface area (Å²) in [6, 6.07) is 9.50. The minimum Gasteiger partial charge on any atom is -0.326 e. The molecule has 144 valence electrons. The molecule has 1 aromatic rings. The maximum atomic E-state index is 12.6. The predicted octanol–water partition coefficient (Wildman–Crippen LogP) is 2.47. The highest BCUT2D eigenvalue weighted by Gasteiger charge is 2.48. The van der Waals surface area contributed by atoms with Crippen LogP contribution in [0.2, 0.25) is 0 Å². The number of likely N-dealkylation sites (tertiary alicyclic amines) is 2. The number of hydrogen-bond acceptors (Lipinski definition) is 4. The summed E-state index contributed by atoms with van der Waals surface area (Å²) in [5.41, 5.74) is 0.820. The standard InChI is InChI=1S/C21H27N3O3/c25-19(22-16-6-2-1-3-7-16)15-10-12-23(13-11-15)14-24-20(26)17-8-4-5-9-18(17)21(24)27/h1-3,6-7,15,17-18H,4-5,8-14H2,(H,22,25)/t17-,18-/m1/s1. The van der Waals surface area contributed by atoms with Gasteiger partial charge < -0.3 is 5.32 Å². The van der Waals surface area contributed by atoms with Gasteiger partial charge in [0.15, 0.2) is 0 Å². The predicted molar refractivity (Wildman–Crippen MR) is 102 cm³/mol. The number of rotatable bonds is 4. The molecule has 1 aromatic carbocycles. The number of piperidine rings is 1. The Kier molecular flexibility index (Phi) is 5.25. The van der Waals surface area contributed by atoms with Gasteiger partial charge >= 0.3 is 0 Å². The van der Waals surface area contributed by atoms with Crippen LogP contribution in [-0.2, 0) is 14.4 Å². The Labute approximate surface area is 159 Å². The molecule has 2 aliphatic heterocycles. The first kappa shape index (κ1) is 18.2. The highest BCUT2D eigenvalue weighted by molar-refractivity contribution is 6.05. The number of hydrogen-bond donors (Lipinski definition) is 1. The number of amides is 3. The van der Waals surface area contributed by atoms with Crippen molar-refractivity contribution < 1.29 is 14.4 Å². The van der Waals surface area contributed by atoms with Gasteiger partial charge in [0.1, 0.15) is 0 Å². The fourth-order valence-corrected chi connectivity index (χ4v) is 4.67. The molecule has 0 bridgehead atoms. The second-order valence-corrected chi connectivity index (χ2v) is 7.99. The average Bonchev–Trinajstić information content (AvgIpc) is 2.94. The molecule has 3 aliphatic rings. The molecule has 4 rings (SSSR count). The second kappa shape index (κ2) is 7.80. The summed E-state index contributed by atoms with van der Waals surface area (Å²) in [5, 5.41) is 2.97. The number of nitrogens with one attached hydrogen (secondary N) is 1. The molecule has 2 heterocycles. The third-order valence-corrected chi connectivity index (χ3v) is 6.27. The SMILES string of the molecule is O=C(Nc1ccccc1)C1CCN(CN2C(=O)[C@@H]3CCCC[C@H]3C2=O)CC1. The number of nitrogens with zero attached hydrogens (tertiary/aromatic N) is 2. The van der Waals surface area contributed by atoms with E-state index in [0.717, 1.165) is 57.3 Å². The minimum atomic E-state index is -0.0829. The zero-order valence-corrected chi connectivity index (χ0v) is 15.6. The Morgan fingerprint density at radius 3 is 2.11 bits per heavy atom. The normalized spacial score (nSPS) is 26.9. The molecular formula is C21H27N3O3. The van der Waals surface area contributed by atoms with Crippen LogP contribution in [0, 0.1) is 17.8 Å². The van der Waals surface area contributed by atoms with Crippen molar-refractivity contribution >= 4 is 23.4 Å². The Balaban J connectivity index is 1.29. The van der Waals surface area contributed by atoms with Gasteiger partial charge in [-0.1, -0.05) is 31.0 Å². The molecular weight excluding hydrogens is 342 g/mol. The van der Waals surface area contributed by atoms with E-state index < -0.39 is 0 Å². The van der Waals surface area contributed by atoms with Crippen LogP contribution in [0.25, 0.3) is 0 Å². The maximum Gasteiger partial charge on any atom is 0.234 e. The lowest BCUT2D eigenvalue weighted by Gasteiger charge is -2.33. The molecule has 0 spiro atoms. The second-order valence-electron chi connectivity index (χ2n) is 7.99. The molecule has 1 aliphatic carbocycles. The van der Waals surface area contributed by atoms with Crippen LogP contribution >= 0.6 is 0 Å². The quantitative estimate of drug-likeness (QED) is 0.828. The van der Waals surface area contributed by atoms with Crippen LogP contribution in [0.3, 0.4) is 0 Å². The highest BCUT2D eigenvalue weighted by Crippen LogP contribution is 2.38. The lowest BCUT2D eigenvalue weighted by molar-refractivity contribution is -0.143. The van der Waals surface area contributed by atoms with Crippen molar-refractivity contribution in [2.45, 2.75) is 38.5 Å². The fraction of sp³-hybridized carbons (Fsp3) is 0.571. The van der Waals surface area contributed by atoms with Gasteiger partial charge in [0, 0.05) is 24.7 Å². The van der Waals surface area contributed by atoms with Crippen molar-refractivity contribution in [2.24, 2.45) is 17.8 Å². The summed E-state index contributed by atoms with van der Waals surface area (Å²) >= 11 is 0. The van der Waals surface area contributed by atoms with Crippen LogP contribution in [0.15, 0.2) is 30.3 Å². The zero-order valence-electron chi connectivity index (χ0n) is 15.6. The van der Waals surface area contributed by atoms with E-state index >= 15 is 0 Å². The molecule has 2 saturated heterocycles. The lowest BCUT2D eigenvalue weighted by Crippen LogP contribution is -2.46. The molecule has 3 fully saturated rings. The number of carbonyl (C=O) groups excluding carboxylic acids is 3. The van der Waals surface area contributed by atoms with Gasteiger partial charge in [-0.3, -0.25) is 24.2 Å². The van der Waals surface area contributed by atoms with Gasteiger partial charge in [-0.05, 0) is 37.8 Å². The van der Waals surface area contributed by atoms with Crippen LogP contribution in [0.1, 0.15) is 38.5 Å². The number of imide groups is 1. The van der Waals surface area contributed by atoms with E-state index in [4.69, 9.17) is 0 Å². The van der Waals surface area contributed by atoms with E-state index in [9.17, 15) is 14.4 Å². The first-order chi connectivity index (χ1) is 13.1. The maximum absolute atomic E-state index is 12.6. The molecule has 0 aromatic heterocycles. The van der Waals surface area contributed by atoms with Gasteiger partial charge in [0.05, 0.1) is 18.5 Å². The Morgan fingerprint density at radius 1 is 0.926 bits per heavy atom. The van der Waals surface area contributed by atoms with E-state index in [0.29, 0.717) is 6.67 Å². The van der Waals surface area contributed by atoms with Gasteiger partial charge in [-0.15, -0.1) is 0 Å². The van der Waals surface area contributed by atoms with Crippen LogP contribution < -0.4 is 5.32 Å². The summed E-state index contributed by atoms with van der Waals surface area (Å²) in [4.78, 5) is 41.3. The van der Waals surface area contributed by atoms with Crippen LogP contribution in [0.5, 0.6) is 0 Å². The summed E-state index contributed by atoms with van der Waals surface area (Å²) in [6.07, 6.45) is 5.32. The third-order valence-electron chi connectivity index (χ3n) is 6.27. The largest absolute Gasteiger partial charge is 0.326 e. The summed E-state index contributed by atoms with van der Waals surface area (Å²) in [7, 11) is 0. The van der Waals surface area contributed by atoms with E-state index in [1.165, 1.54) is 4.90 Å². The van der Waals surface area contributed by atoms with Gasteiger partial charge in [-0.2, -0.15) is 0 Å². The van der Waals surface area contributed by atoms with Gasteiger partial charge in [0.25, 0.3) is 0 Å². The summed E-state index contributed by atoms with van der Waals surface area (Å²) < 4.78 is 0. The zero-order chi connectivity index (χ0) is 18.8. The monoisotopic (exact) mass is 369 g/mol. The molecule has 27 heavy (non-hydrogen) atoms. The summed E-state index contributed by atoms with van der Waals surface area (Å²) in [5.74, 6) is -0.0858. The molecule has 0 unspecified atom stereocenters. The topological polar surface area (TPSA) is 69.7 Å². The Morgan fingerprint density at radius 2 is 1.52 bits per heavy atom. The lowest BCUT2D eigenvalue weighted by atomic mass is 9.81. The third kappa shape index (κ3) is 3.76. The molecule has 6 nitrogen and oxygen atoms in total. The number of fused-ring (bicyclic) bond motifs is 1. The molecule has 6 heteroatoms. The molecule has 2 atom stereocenters. The Hall–Kier alpha value is -2.21.